The molecule has 0 atom stereocenters. The van der Waals surface area contributed by atoms with Gasteiger partial charge in [0.2, 0.25) is 0 Å². The Balaban J connectivity index is 2.03. The summed E-state index contributed by atoms with van der Waals surface area (Å²) in [5.41, 5.74) is 2.28. The number of benzene rings is 1. The van der Waals surface area contributed by atoms with Gasteiger partial charge in [-0.05, 0) is 19.1 Å². The molecule has 0 unspecified atom stereocenters. The first-order chi connectivity index (χ1) is 7.34. The van der Waals surface area contributed by atoms with Gasteiger partial charge >= 0.3 is 0 Å². The molecule has 2 aromatic rings. The maximum absolute atomic E-state index is 3.96. The lowest BCUT2D eigenvalue weighted by Crippen LogP contribution is -1.94. The van der Waals surface area contributed by atoms with Crippen LogP contribution < -0.4 is 0 Å². The molecule has 1 aromatic carbocycles. The molecule has 0 radical (unpaired) electrons. The van der Waals surface area contributed by atoms with Crippen molar-refractivity contribution >= 4 is 0 Å². The van der Waals surface area contributed by atoms with Crippen LogP contribution in [0.15, 0.2) is 36.9 Å². The van der Waals surface area contributed by atoms with Crippen LogP contribution in [0.3, 0.4) is 0 Å². The van der Waals surface area contributed by atoms with Crippen LogP contribution in [0.25, 0.3) is 0 Å². The second-order valence-electron chi connectivity index (χ2n) is 3.26. The van der Waals surface area contributed by atoms with Crippen molar-refractivity contribution in [3.63, 3.8) is 0 Å². The molecule has 0 aliphatic rings. The van der Waals surface area contributed by atoms with Crippen LogP contribution in [0, 0.1) is 18.8 Å². The maximum Gasteiger partial charge on any atom is 0.137 e. The van der Waals surface area contributed by atoms with Gasteiger partial charge < -0.3 is 0 Å². The number of rotatable bonds is 1. The Kier molecular flexibility index (Phi) is 2.80. The first-order valence-corrected chi connectivity index (χ1v) is 4.72. The van der Waals surface area contributed by atoms with Crippen LogP contribution >= 0.6 is 0 Å². The molecular formula is C12H11N3. The minimum Gasteiger partial charge on any atom is -0.241 e. The van der Waals surface area contributed by atoms with Crippen LogP contribution in [0.4, 0.5) is 0 Å². The van der Waals surface area contributed by atoms with Crippen LogP contribution in [-0.2, 0) is 6.54 Å². The lowest BCUT2D eigenvalue weighted by molar-refractivity contribution is 0.713. The van der Waals surface area contributed by atoms with Gasteiger partial charge in [-0.1, -0.05) is 29.5 Å². The van der Waals surface area contributed by atoms with E-state index in [0.717, 1.165) is 5.56 Å². The third-order valence-electron chi connectivity index (χ3n) is 1.99. The van der Waals surface area contributed by atoms with E-state index in [2.05, 4.69) is 41.0 Å². The van der Waals surface area contributed by atoms with Crippen LogP contribution in [0.2, 0.25) is 0 Å². The van der Waals surface area contributed by atoms with Crippen molar-refractivity contribution in [3.05, 3.63) is 48.0 Å². The van der Waals surface area contributed by atoms with Gasteiger partial charge in [0.1, 0.15) is 19.2 Å². The molecule has 2 rings (SSSR count). The summed E-state index contributed by atoms with van der Waals surface area (Å²) in [6, 6.07) is 8.15. The molecule has 0 aliphatic carbocycles. The molecule has 0 N–H and O–H groups in total. The molecule has 3 nitrogen and oxygen atoms in total. The SMILES string of the molecule is Cc1ccc(C#CCn2cncn2)cc1. The summed E-state index contributed by atoms with van der Waals surface area (Å²) in [6.45, 7) is 2.64. The molecule has 0 saturated heterocycles. The highest BCUT2D eigenvalue weighted by molar-refractivity contribution is 5.35. The number of hydrogen-bond donors (Lipinski definition) is 0. The molecule has 0 saturated carbocycles. The van der Waals surface area contributed by atoms with Gasteiger partial charge in [0.25, 0.3) is 0 Å². The van der Waals surface area contributed by atoms with E-state index in [9.17, 15) is 0 Å². The Morgan fingerprint density at radius 2 is 2.07 bits per heavy atom. The van der Waals surface area contributed by atoms with Crippen LogP contribution in [-0.4, -0.2) is 14.8 Å². The highest BCUT2D eigenvalue weighted by Gasteiger charge is 1.87. The van der Waals surface area contributed by atoms with Gasteiger partial charge in [-0.15, -0.1) is 0 Å². The van der Waals surface area contributed by atoms with Crippen LogP contribution in [0.1, 0.15) is 11.1 Å². The quantitative estimate of drug-likeness (QED) is 0.651. The van der Waals surface area contributed by atoms with E-state index in [1.54, 1.807) is 11.0 Å². The van der Waals surface area contributed by atoms with E-state index >= 15 is 0 Å². The van der Waals surface area contributed by atoms with E-state index < -0.39 is 0 Å². The first-order valence-electron chi connectivity index (χ1n) is 4.72. The maximum atomic E-state index is 3.96. The predicted octanol–water partition coefficient (Wildman–Crippen LogP) is 1.64. The topological polar surface area (TPSA) is 30.7 Å². The zero-order valence-corrected chi connectivity index (χ0v) is 8.51. The van der Waals surface area contributed by atoms with E-state index in [1.165, 1.54) is 11.9 Å². The molecule has 0 spiro atoms. The van der Waals surface area contributed by atoms with Crippen molar-refractivity contribution in [3.8, 4) is 11.8 Å². The van der Waals surface area contributed by atoms with Crippen LogP contribution in [0.5, 0.6) is 0 Å². The number of aryl methyl sites for hydroxylation is 1. The highest BCUT2D eigenvalue weighted by Crippen LogP contribution is 2.00. The molecule has 1 heterocycles. The monoisotopic (exact) mass is 197 g/mol. The fourth-order valence-electron chi connectivity index (χ4n) is 1.17. The zero-order chi connectivity index (χ0) is 10.5. The van der Waals surface area contributed by atoms with E-state index in [-0.39, 0.29) is 0 Å². The lowest BCUT2D eigenvalue weighted by Gasteiger charge is -1.92. The second kappa shape index (κ2) is 4.43. The molecule has 3 heteroatoms. The third kappa shape index (κ3) is 2.68. The van der Waals surface area contributed by atoms with E-state index in [1.807, 2.05) is 12.1 Å². The molecule has 15 heavy (non-hydrogen) atoms. The van der Waals surface area contributed by atoms with Crippen molar-refractivity contribution in [2.45, 2.75) is 13.5 Å². The van der Waals surface area contributed by atoms with Crippen molar-refractivity contribution in [2.75, 3.05) is 0 Å². The standard InChI is InChI=1S/C12H11N3/c1-11-4-6-12(7-5-11)3-2-8-15-10-13-9-14-15/h4-7,9-10H,8H2,1H3. The smallest absolute Gasteiger partial charge is 0.137 e. The fourth-order valence-corrected chi connectivity index (χ4v) is 1.17. The fraction of sp³-hybridized carbons (Fsp3) is 0.167. The minimum atomic E-state index is 0.577. The normalized spacial score (nSPS) is 9.40. The summed E-state index contributed by atoms with van der Waals surface area (Å²) in [5, 5.41) is 3.96. The van der Waals surface area contributed by atoms with Crippen molar-refractivity contribution < 1.29 is 0 Å². The molecule has 0 bridgehead atoms. The highest BCUT2D eigenvalue weighted by atomic mass is 15.3. The summed E-state index contributed by atoms with van der Waals surface area (Å²) in [6.07, 6.45) is 3.16. The number of hydrogen-bond acceptors (Lipinski definition) is 2. The van der Waals surface area contributed by atoms with Gasteiger partial charge in [-0.25, -0.2) is 9.67 Å². The summed E-state index contributed by atoms with van der Waals surface area (Å²) in [5.74, 6) is 6.11. The Hall–Kier alpha value is -2.08. The van der Waals surface area contributed by atoms with E-state index in [0.29, 0.717) is 6.54 Å². The van der Waals surface area contributed by atoms with Crippen molar-refractivity contribution in [1.29, 1.82) is 0 Å². The third-order valence-corrected chi connectivity index (χ3v) is 1.99. The molecular weight excluding hydrogens is 186 g/mol. The van der Waals surface area contributed by atoms with Gasteiger partial charge in [-0.2, -0.15) is 5.10 Å². The number of aromatic nitrogens is 3. The molecule has 0 aliphatic heterocycles. The van der Waals surface area contributed by atoms with Crippen molar-refractivity contribution in [2.24, 2.45) is 0 Å². The molecule has 0 fully saturated rings. The number of nitrogens with zero attached hydrogens (tertiary/aromatic N) is 3. The summed E-state index contributed by atoms with van der Waals surface area (Å²) in [7, 11) is 0. The van der Waals surface area contributed by atoms with E-state index in [4.69, 9.17) is 0 Å². The Morgan fingerprint density at radius 1 is 1.27 bits per heavy atom. The predicted molar refractivity (Wildman–Crippen MR) is 58.1 cm³/mol. The lowest BCUT2D eigenvalue weighted by atomic mass is 10.2. The Labute approximate surface area is 88.8 Å². The second-order valence-corrected chi connectivity index (χ2v) is 3.26. The van der Waals surface area contributed by atoms with Crippen molar-refractivity contribution in [1.82, 2.24) is 14.8 Å². The average Bonchev–Trinajstić information content (AvgIpc) is 2.74. The largest absolute Gasteiger partial charge is 0.241 e. The summed E-state index contributed by atoms with van der Waals surface area (Å²) in [4.78, 5) is 3.84. The molecule has 0 amide bonds. The zero-order valence-electron chi connectivity index (χ0n) is 8.51. The van der Waals surface area contributed by atoms with Gasteiger partial charge in [0.15, 0.2) is 0 Å². The Morgan fingerprint density at radius 3 is 2.73 bits per heavy atom. The molecule has 74 valence electrons. The molecule has 1 aromatic heterocycles. The minimum absolute atomic E-state index is 0.577. The summed E-state index contributed by atoms with van der Waals surface area (Å²) >= 11 is 0. The first kappa shape index (κ1) is 9.47. The summed E-state index contributed by atoms with van der Waals surface area (Å²) < 4.78 is 1.70. The average molecular weight is 197 g/mol. The van der Waals surface area contributed by atoms with Gasteiger partial charge in [-0.3, -0.25) is 0 Å². The Bertz CT molecular complexity index is 472. The van der Waals surface area contributed by atoms with Gasteiger partial charge in [0, 0.05) is 5.56 Å². The van der Waals surface area contributed by atoms with Gasteiger partial charge in [0.05, 0.1) is 0 Å².